The van der Waals surface area contributed by atoms with Crippen molar-refractivity contribution in [3.8, 4) is 0 Å². The molecule has 0 aliphatic carbocycles. The number of amides is 1. The maximum atomic E-state index is 13.2. The van der Waals surface area contributed by atoms with E-state index >= 15 is 0 Å². The number of hydrogen-bond acceptors (Lipinski definition) is 1. The van der Waals surface area contributed by atoms with E-state index in [0.717, 1.165) is 18.4 Å². The number of carbonyl (C=O) groups excluding carboxylic acids is 1. The van der Waals surface area contributed by atoms with Gasteiger partial charge in [-0.15, -0.1) is 0 Å². The minimum atomic E-state index is -0.206. The predicted octanol–water partition coefficient (Wildman–Crippen LogP) is 2.38. The van der Waals surface area contributed by atoms with Crippen LogP contribution in [0.2, 0.25) is 0 Å². The Morgan fingerprint density at radius 2 is 2.31 bits per heavy atom. The second-order valence-corrected chi connectivity index (χ2v) is 4.42. The van der Waals surface area contributed by atoms with Crippen LogP contribution in [0.5, 0.6) is 0 Å². The van der Waals surface area contributed by atoms with Crippen LogP contribution in [0, 0.1) is 5.82 Å². The zero-order valence-electron chi connectivity index (χ0n) is 9.42. The Bertz CT molecular complexity index is 393. The highest BCUT2D eigenvalue weighted by Crippen LogP contribution is 2.34. The molecule has 1 heterocycles. The number of piperidine rings is 1. The monoisotopic (exact) mass is 221 g/mol. The molecule has 1 amide bonds. The summed E-state index contributed by atoms with van der Waals surface area (Å²) in [7, 11) is 0. The van der Waals surface area contributed by atoms with Gasteiger partial charge < -0.3 is 5.32 Å². The molecule has 3 heteroatoms. The van der Waals surface area contributed by atoms with Crippen LogP contribution in [0.25, 0.3) is 0 Å². The maximum absolute atomic E-state index is 13.2. The first-order chi connectivity index (χ1) is 7.66. The van der Waals surface area contributed by atoms with Gasteiger partial charge in [0.2, 0.25) is 5.91 Å². The summed E-state index contributed by atoms with van der Waals surface area (Å²) in [5.74, 6) is -0.109. The Morgan fingerprint density at radius 3 is 2.88 bits per heavy atom. The topological polar surface area (TPSA) is 29.1 Å². The summed E-state index contributed by atoms with van der Waals surface area (Å²) in [6, 6.07) is 6.72. The van der Waals surface area contributed by atoms with E-state index < -0.39 is 0 Å². The van der Waals surface area contributed by atoms with Crippen molar-refractivity contribution in [2.75, 3.05) is 6.54 Å². The molecule has 1 N–H and O–H groups in total. The number of hydrogen-bond donors (Lipinski definition) is 1. The lowest BCUT2D eigenvalue weighted by molar-refractivity contribution is -0.123. The predicted molar refractivity (Wildman–Crippen MR) is 60.6 cm³/mol. The van der Waals surface area contributed by atoms with Gasteiger partial charge in [-0.25, -0.2) is 4.39 Å². The molecule has 0 radical (unpaired) electrons. The normalized spacial score (nSPS) is 25.2. The minimum absolute atomic E-state index is 0.0873. The lowest BCUT2D eigenvalue weighted by atomic mass is 9.72. The van der Waals surface area contributed by atoms with Crippen molar-refractivity contribution in [1.82, 2.24) is 5.32 Å². The van der Waals surface area contributed by atoms with Gasteiger partial charge >= 0.3 is 0 Å². The van der Waals surface area contributed by atoms with Gasteiger partial charge in [0.15, 0.2) is 0 Å². The van der Waals surface area contributed by atoms with E-state index in [4.69, 9.17) is 0 Å². The highest BCUT2D eigenvalue weighted by Gasteiger charge is 2.34. The SMILES string of the molecule is CCC1(c2cccc(F)c2)CCC(=O)NC1. The van der Waals surface area contributed by atoms with Crippen molar-refractivity contribution in [1.29, 1.82) is 0 Å². The van der Waals surface area contributed by atoms with Gasteiger partial charge in [-0.2, -0.15) is 0 Å². The number of halogens is 1. The van der Waals surface area contributed by atoms with E-state index in [2.05, 4.69) is 12.2 Å². The quantitative estimate of drug-likeness (QED) is 0.816. The van der Waals surface area contributed by atoms with Gasteiger partial charge in [0.05, 0.1) is 0 Å². The summed E-state index contributed by atoms with van der Waals surface area (Å²) in [6.45, 7) is 2.70. The average molecular weight is 221 g/mol. The third-order valence-electron chi connectivity index (χ3n) is 3.57. The highest BCUT2D eigenvalue weighted by atomic mass is 19.1. The van der Waals surface area contributed by atoms with Gasteiger partial charge in [-0.1, -0.05) is 19.1 Å². The molecule has 2 rings (SSSR count). The molecule has 0 saturated carbocycles. The first kappa shape index (κ1) is 11.1. The van der Waals surface area contributed by atoms with Crippen molar-refractivity contribution in [2.45, 2.75) is 31.6 Å². The third kappa shape index (κ3) is 1.94. The molecular formula is C13H16FNO. The molecule has 1 aromatic carbocycles. The third-order valence-corrected chi connectivity index (χ3v) is 3.57. The van der Waals surface area contributed by atoms with E-state index in [9.17, 15) is 9.18 Å². The molecule has 1 aliphatic heterocycles. The second kappa shape index (κ2) is 4.24. The molecule has 16 heavy (non-hydrogen) atoms. The molecule has 1 aliphatic rings. The van der Waals surface area contributed by atoms with Crippen molar-refractivity contribution < 1.29 is 9.18 Å². The van der Waals surface area contributed by atoms with Crippen molar-refractivity contribution in [2.24, 2.45) is 0 Å². The second-order valence-electron chi connectivity index (χ2n) is 4.42. The van der Waals surface area contributed by atoms with Gasteiger partial charge in [-0.05, 0) is 30.5 Å². The number of carbonyl (C=O) groups is 1. The van der Waals surface area contributed by atoms with Gasteiger partial charge in [0, 0.05) is 18.4 Å². The summed E-state index contributed by atoms with van der Waals surface area (Å²) < 4.78 is 13.2. The summed E-state index contributed by atoms with van der Waals surface area (Å²) in [5.41, 5.74) is 0.908. The largest absolute Gasteiger partial charge is 0.355 e. The molecule has 2 nitrogen and oxygen atoms in total. The fraction of sp³-hybridized carbons (Fsp3) is 0.462. The zero-order valence-corrected chi connectivity index (χ0v) is 9.42. The summed E-state index contributed by atoms with van der Waals surface area (Å²) in [5, 5.41) is 2.88. The molecule has 0 spiro atoms. The molecule has 1 saturated heterocycles. The Balaban J connectivity index is 2.31. The molecule has 1 unspecified atom stereocenters. The lowest BCUT2D eigenvalue weighted by Gasteiger charge is -2.37. The van der Waals surface area contributed by atoms with Gasteiger partial charge in [0.1, 0.15) is 5.82 Å². The fourth-order valence-electron chi connectivity index (χ4n) is 2.37. The Hall–Kier alpha value is -1.38. The van der Waals surface area contributed by atoms with Gasteiger partial charge in [-0.3, -0.25) is 4.79 Å². The summed E-state index contributed by atoms with van der Waals surface area (Å²) in [6.07, 6.45) is 2.25. The minimum Gasteiger partial charge on any atom is -0.355 e. The Kier molecular flexibility index (Phi) is 2.95. The van der Waals surface area contributed by atoms with E-state index in [1.165, 1.54) is 6.07 Å². The van der Waals surface area contributed by atoms with Crippen LogP contribution in [-0.2, 0) is 10.2 Å². The van der Waals surface area contributed by atoms with Crippen LogP contribution in [0.1, 0.15) is 31.7 Å². The van der Waals surface area contributed by atoms with Crippen LogP contribution in [0.4, 0.5) is 4.39 Å². The molecular weight excluding hydrogens is 205 g/mol. The van der Waals surface area contributed by atoms with Crippen LogP contribution in [0.15, 0.2) is 24.3 Å². The fourth-order valence-corrected chi connectivity index (χ4v) is 2.37. The van der Waals surface area contributed by atoms with Crippen molar-refractivity contribution in [3.63, 3.8) is 0 Å². The smallest absolute Gasteiger partial charge is 0.220 e. The van der Waals surface area contributed by atoms with Crippen LogP contribution in [-0.4, -0.2) is 12.5 Å². The molecule has 86 valence electrons. The van der Waals surface area contributed by atoms with Crippen molar-refractivity contribution in [3.05, 3.63) is 35.6 Å². The first-order valence-electron chi connectivity index (χ1n) is 5.69. The van der Waals surface area contributed by atoms with Gasteiger partial charge in [0.25, 0.3) is 0 Å². The number of rotatable bonds is 2. The van der Waals surface area contributed by atoms with E-state index in [0.29, 0.717) is 13.0 Å². The van der Waals surface area contributed by atoms with Crippen LogP contribution >= 0.6 is 0 Å². The van der Waals surface area contributed by atoms with E-state index in [1.54, 1.807) is 12.1 Å². The molecule has 0 aromatic heterocycles. The molecule has 1 aromatic rings. The van der Waals surface area contributed by atoms with E-state index in [1.807, 2.05) is 6.07 Å². The zero-order chi connectivity index (χ0) is 11.6. The van der Waals surface area contributed by atoms with Crippen molar-refractivity contribution >= 4 is 5.91 Å². The Labute approximate surface area is 94.9 Å². The number of benzene rings is 1. The van der Waals surface area contributed by atoms with Crippen LogP contribution in [0.3, 0.4) is 0 Å². The summed E-state index contributed by atoms with van der Waals surface area (Å²) >= 11 is 0. The Morgan fingerprint density at radius 1 is 1.50 bits per heavy atom. The maximum Gasteiger partial charge on any atom is 0.220 e. The standard InChI is InChI=1S/C13H16FNO/c1-2-13(7-6-12(16)15-9-13)10-4-3-5-11(14)8-10/h3-5,8H,2,6-7,9H2,1H3,(H,15,16). The average Bonchev–Trinajstić information content (AvgIpc) is 2.31. The lowest BCUT2D eigenvalue weighted by Crippen LogP contribution is -2.45. The van der Waals surface area contributed by atoms with E-state index in [-0.39, 0.29) is 17.1 Å². The first-order valence-corrected chi connectivity index (χ1v) is 5.69. The molecule has 0 bridgehead atoms. The molecule has 1 fully saturated rings. The summed E-state index contributed by atoms with van der Waals surface area (Å²) in [4.78, 5) is 11.2. The highest BCUT2D eigenvalue weighted by molar-refractivity contribution is 5.77. The molecule has 1 atom stereocenters. The number of nitrogens with one attached hydrogen (secondary N) is 1. The van der Waals surface area contributed by atoms with Crippen LogP contribution < -0.4 is 5.32 Å².